The molecule has 4 rings (SSSR count). The van der Waals surface area contributed by atoms with Crippen LogP contribution in [0.2, 0.25) is 0 Å². The van der Waals surface area contributed by atoms with E-state index in [0.29, 0.717) is 17.1 Å². The zero-order chi connectivity index (χ0) is 21.1. The summed E-state index contributed by atoms with van der Waals surface area (Å²) in [6, 6.07) is 12.0. The van der Waals surface area contributed by atoms with Crippen LogP contribution in [0.5, 0.6) is 11.5 Å². The highest BCUT2D eigenvalue weighted by molar-refractivity contribution is 5.97. The van der Waals surface area contributed by atoms with Gasteiger partial charge in [0.2, 0.25) is 18.6 Å². The Kier molecular flexibility index (Phi) is 5.56. The van der Waals surface area contributed by atoms with Crippen molar-refractivity contribution in [3.8, 4) is 11.5 Å². The third-order valence-electron chi connectivity index (χ3n) is 5.05. The monoisotopic (exact) mass is 409 g/mol. The van der Waals surface area contributed by atoms with Crippen molar-refractivity contribution in [1.29, 1.82) is 0 Å². The number of hydrogen-bond donors (Lipinski definition) is 3. The van der Waals surface area contributed by atoms with Crippen LogP contribution in [-0.2, 0) is 9.59 Å². The highest BCUT2D eigenvalue weighted by Crippen LogP contribution is 2.32. The van der Waals surface area contributed by atoms with Gasteiger partial charge in [0.25, 0.3) is 5.91 Å². The average molecular weight is 409 g/mol. The van der Waals surface area contributed by atoms with Crippen LogP contribution in [-0.4, -0.2) is 31.1 Å². The topological polar surface area (TPSA) is 106 Å². The van der Waals surface area contributed by atoms with Crippen LogP contribution >= 0.6 is 0 Å². The molecule has 1 saturated carbocycles. The maximum Gasteiger partial charge on any atom is 0.251 e. The molecule has 2 aromatic carbocycles. The minimum atomic E-state index is -0.369. The molecule has 2 aromatic rings. The van der Waals surface area contributed by atoms with Crippen molar-refractivity contribution < 1.29 is 23.9 Å². The number of fused-ring (bicyclic) bond motifs is 1. The molecule has 2 aliphatic rings. The molecule has 0 bridgehead atoms. The van der Waals surface area contributed by atoms with Crippen molar-refractivity contribution in [1.82, 2.24) is 10.6 Å². The van der Waals surface area contributed by atoms with Crippen molar-refractivity contribution in [2.75, 3.05) is 18.7 Å². The fraction of sp³-hybridized carbons (Fsp3) is 0.318. The Morgan fingerprint density at radius 3 is 2.50 bits per heavy atom. The fourth-order valence-corrected chi connectivity index (χ4v) is 3.12. The molecule has 0 radical (unpaired) electrons. The first-order valence-corrected chi connectivity index (χ1v) is 9.87. The third kappa shape index (κ3) is 4.71. The summed E-state index contributed by atoms with van der Waals surface area (Å²) in [5.74, 6) is 0.640. The minimum Gasteiger partial charge on any atom is -0.454 e. The van der Waals surface area contributed by atoms with E-state index in [-0.39, 0.29) is 43.0 Å². The molecule has 1 atom stereocenters. The number of hydrogen-bond acceptors (Lipinski definition) is 5. The summed E-state index contributed by atoms with van der Waals surface area (Å²) in [6.45, 7) is 1.84. The van der Waals surface area contributed by atoms with E-state index in [9.17, 15) is 14.4 Å². The van der Waals surface area contributed by atoms with Crippen LogP contribution in [0.3, 0.4) is 0 Å². The number of carbonyl (C=O) groups is 3. The van der Waals surface area contributed by atoms with E-state index < -0.39 is 0 Å². The van der Waals surface area contributed by atoms with Gasteiger partial charge < -0.3 is 25.4 Å². The van der Waals surface area contributed by atoms with Crippen LogP contribution in [0, 0.1) is 5.92 Å². The van der Waals surface area contributed by atoms with Crippen LogP contribution < -0.4 is 25.4 Å². The van der Waals surface area contributed by atoms with Gasteiger partial charge in [0.15, 0.2) is 11.5 Å². The minimum absolute atomic E-state index is 0.0577. The standard InChI is InChI=1S/C22H23N3O5/c1-13(14-4-7-17(8-5-14)25-22(28)15-2-3-15)24-20(26)11-23-21(27)16-6-9-18-19(10-16)30-12-29-18/h4-10,13,15H,2-3,11-12H2,1H3,(H,23,27)(H,24,26)(H,25,28). The molecular weight excluding hydrogens is 386 g/mol. The van der Waals surface area contributed by atoms with Gasteiger partial charge in [-0.15, -0.1) is 0 Å². The summed E-state index contributed by atoms with van der Waals surface area (Å²) >= 11 is 0. The number of amides is 3. The summed E-state index contributed by atoms with van der Waals surface area (Å²) in [4.78, 5) is 36.3. The smallest absolute Gasteiger partial charge is 0.251 e. The lowest BCUT2D eigenvalue weighted by Crippen LogP contribution is -2.38. The zero-order valence-corrected chi connectivity index (χ0v) is 16.6. The largest absolute Gasteiger partial charge is 0.454 e. The lowest BCUT2D eigenvalue weighted by Gasteiger charge is -2.15. The number of ether oxygens (including phenoxy) is 2. The van der Waals surface area contributed by atoms with Crippen LogP contribution in [0.1, 0.15) is 41.7 Å². The van der Waals surface area contributed by atoms with Crippen molar-refractivity contribution in [2.45, 2.75) is 25.8 Å². The Bertz CT molecular complexity index is 969. The molecular formula is C22H23N3O5. The van der Waals surface area contributed by atoms with Gasteiger partial charge in [-0.1, -0.05) is 12.1 Å². The van der Waals surface area contributed by atoms with E-state index in [1.54, 1.807) is 18.2 Å². The third-order valence-corrected chi connectivity index (χ3v) is 5.05. The van der Waals surface area contributed by atoms with E-state index in [1.807, 2.05) is 31.2 Å². The van der Waals surface area contributed by atoms with Gasteiger partial charge in [0.1, 0.15) is 0 Å². The molecule has 3 amide bonds. The second-order valence-electron chi connectivity index (χ2n) is 7.43. The second kappa shape index (κ2) is 8.44. The Morgan fingerprint density at radius 2 is 1.77 bits per heavy atom. The quantitative estimate of drug-likeness (QED) is 0.651. The molecule has 8 heteroatoms. The number of nitrogens with one attached hydrogen (secondary N) is 3. The van der Waals surface area contributed by atoms with Crippen LogP contribution in [0.25, 0.3) is 0 Å². The molecule has 0 aromatic heterocycles. The molecule has 156 valence electrons. The SMILES string of the molecule is CC(NC(=O)CNC(=O)c1ccc2c(c1)OCO2)c1ccc(NC(=O)C2CC2)cc1. The fourth-order valence-electron chi connectivity index (χ4n) is 3.12. The van der Waals surface area contributed by atoms with E-state index in [4.69, 9.17) is 9.47 Å². The molecule has 30 heavy (non-hydrogen) atoms. The van der Waals surface area contributed by atoms with Crippen LogP contribution in [0.15, 0.2) is 42.5 Å². The van der Waals surface area contributed by atoms with E-state index in [1.165, 1.54) is 0 Å². The average Bonchev–Trinajstić information content (AvgIpc) is 3.50. The van der Waals surface area contributed by atoms with Gasteiger partial charge >= 0.3 is 0 Å². The van der Waals surface area contributed by atoms with Gasteiger partial charge in [0, 0.05) is 17.2 Å². The van der Waals surface area contributed by atoms with Crippen molar-refractivity contribution in [2.24, 2.45) is 5.92 Å². The summed E-state index contributed by atoms with van der Waals surface area (Å²) in [5, 5.41) is 8.33. The molecule has 1 aliphatic carbocycles. The summed E-state index contributed by atoms with van der Waals surface area (Å²) in [6.07, 6.45) is 1.91. The van der Waals surface area contributed by atoms with Crippen molar-refractivity contribution >= 4 is 23.4 Å². The molecule has 3 N–H and O–H groups in total. The van der Waals surface area contributed by atoms with Crippen molar-refractivity contribution in [3.05, 3.63) is 53.6 Å². The summed E-state index contributed by atoms with van der Waals surface area (Å²) < 4.78 is 10.5. The molecule has 1 aliphatic heterocycles. The number of rotatable bonds is 7. The predicted molar refractivity (Wildman–Crippen MR) is 109 cm³/mol. The number of benzene rings is 2. The van der Waals surface area contributed by atoms with Gasteiger partial charge in [-0.05, 0) is 55.7 Å². The maximum absolute atomic E-state index is 12.3. The maximum atomic E-state index is 12.3. The Labute approximate surface area is 173 Å². The highest BCUT2D eigenvalue weighted by Gasteiger charge is 2.29. The molecule has 1 fully saturated rings. The lowest BCUT2D eigenvalue weighted by atomic mass is 10.1. The number of anilines is 1. The predicted octanol–water partition coefficient (Wildman–Crippen LogP) is 2.37. The van der Waals surface area contributed by atoms with E-state index >= 15 is 0 Å². The Morgan fingerprint density at radius 1 is 1.03 bits per heavy atom. The van der Waals surface area contributed by atoms with Gasteiger partial charge in [-0.2, -0.15) is 0 Å². The lowest BCUT2D eigenvalue weighted by molar-refractivity contribution is -0.120. The molecule has 1 heterocycles. The van der Waals surface area contributed by atoms with Gasteiger partial charge in [-0.3, -0.25) is 14.4 Å². The van der Waals surface area contributed by atoms with E-state index in [0.717, 1.165) is 24.1 Å². The molecule has 1 unspecified atom stereocenters. The van der Waals surface area contributed by atoms with Crippen molar-refractivity contribution in [3.63, 3.8) is 0 Å². The first kappa shape index (κ1) is 19.8. The molecule has 8 nitrogen and oxygen atoms in total. The highest BCUT2D eigenvalue weighted by atomic mass is 16.7. The van der Waals surface area contributed by atoms with Gasteiger partial charge in [0.05, 0.1) is 12.6 Å². The Balaban J connectivity index is 1.25. The van der Waals surface area contributed by atoms with Gasteiger partial charge in [-0.25, -0.2) is 0 Å². The normalized spacial score (nSPS) is 15.2. The second-order valence-corrected chi connectivity index (χ2v) is 7.43. The summed E-state index contributed by atoms with van der Waals surface area (Å²) in [7, 11) is 0. The first-order valence-electron chi connectivity index (χ1n) is 9.87. The number of carbonyl (C=O) groups excluding carboxylic acids is 3. The van der Waals surface area contributed by atoms with Crippen LogP contribution in [0.4, 0.5) is 5.69 Å². The first-order chi connectivity index (χ1) is 14.5. The zero-order valence-electron chi connectivity index (χ0n) is 16.6. The summed E-state index contributed by atoms with van der Waals surface area (Å²) in [5.41, 5.74) is 2.03. The molecule has 0 spiro atoms. The van der Waals surface area contributed by atoms with E-state index in [2.05, 4.69) is 16.0 Å². The Hall–Kier alpha value is -3.55. The molecule has 0 saturated heterocycles.